The molecule has 0 aromatic rings. The number of halogens is 3. The van der Waals surface area contributed by atoms with Crippen LogP contribution >= 0.6 is 0 Å². The Kier molecular flexibility index (Phi) is 7.99. The standard InChI is InChI=1S/C10H15NO4.C2HF3O2/c1-2-5-11-9(12)7-4-3-6-15-8(7)10(13)14;3-2(4,5)1(6)7/h2-6H2,1H3,(H,11,12)(H,13,14);(H,6,7). The summed E-state index contributed by atoms with van der Waals surface area (Å²) in [5.74, 6) is -4.45. The number of carboxylic acid groups (broad SMARTS) is 2. The molecule has 0 aromatic carbocycles. The van der Waals surface area contributed by atoms with Gasteiger partial charge in [-0.15, -0.1) is 0 Å². The molecular formula is C12H16F3NO6. The van der Waals surface area contributed by atoms with Gasteiger partial charge < -0.3 is 20.3 Å². The van der Waals surface area contributed by atoms with Crippen LogP contribution in [0.1, 0.15) is 26.2 Å². The Morgan fingerprint density at radius 3 is 2.23 bits per heavy atom. The number of ether oxygens (including phenoxy) is 1. The second-order valence-corrected chi connectivity index (χ2v) is 4.12. The highest BCUT2D eigenvalue weighted by Gasteiger charge is 2.38. The van der Waals surface area contributed by atoms with E-state index in [4.69, 9.17) is 19.7 Å². The lowest BCUT2D eigenvalue weighted by molar-refractivity contribution is -0.192. The lowest BCUT2D eigenvalue weighted by atomic mass is 10.1. The van der Waals surface area contributed by atoms with Gasteiger partial charge >= 0.3 is 18.1 Å². The monoisotopic (exact) mass is 327 g/mol. The summed E-state index contributed by atoms with van der Waals surface area (Å²) in [4.78, 5) is 31.2. The fraction of sp³-hybridized carbons (Fsp3) is 0.583. The van der Waals surface area contributed by atoms with Crippen molar-refractivity contribution in [2.75, 3.05) is 13.2 Å². The summed E-state index contributed by atoms with van der Waals surface area (Å²) in [6.45, 7) is 2.85. The molecular weight excluding hydrogens is 311 g/mol. The van der Waals surface area contributed by atoms with Crippen molar-refractivity contribution in [3.05, 3.63) is 11.3 Å². The maximum absolute atomic E-state index is 11.6. The Bertz CT molecular complexity index is 458. The first-order chi connectivity index (χ1) is 10.1. The molecule has 1 rings (SSSR count). The van der Waals surface area contributed by atoms with Gasteiger partial charge in [0.1, 0.15) is 0 Å². The van der Waals surface area contributed by atoms with Crippen LogP contribution in [0.2, 0.25) is 0 Å². The van der Waals surface area contributed by atoms with E-state index in [0.29, 0.717) is 26.0 Å². The number of aliphatic carboxylic acids is 2. The number of rotatable bonds is 4. The van der Waals surface area contributed by atoms with Crippen LogP contribution in [0.3, 0.4) is 0 Å². The summed E-state index contributed by atoms with van der Waals surface area (Å²) in [5, 5.41) is 18.6. The van der Waals surface area contributed by atoms with Gasteiger partial charge in [0.2, 0.25) is 5.76 Å². The van der Waals surface area contributed by atoms with Crippen molar-refractivity contribution in [2.24, 2.45) is 0 Å². The van der Waals surface area contributed by atoms with Crippen LogP contribution in [0.4, 0.5) is 13.2 Å². The largest absolute Gasteiger partial charge is 0.490 e. The van der Waals surface area contributed by atoms with Gasteiger partial charge in [-0.25, -0.2) is 9.59 Å². The second kappa shape index (κ2) is 8.90. The summed E-state index contributed by atoms with van der Waals surface area (Å²) in [7, 11) is 0. The number of carbonyl (C=O) groups is 3. The third kappa shape index (κ3) is 6.95. The topological polar surface area (TPSA) is 113 Å². The van der Waals surface area contributed by atoms with Crippen LogP contribution in [0.25, 0.3) is 0 Å². The van der Waals surface area contributed by atoms with Gasteiger partial charge in [0.25, 0.3) is 5.91 Å². The summed E-state index contributed by atoms with van der Waals surface area (Å²) in [5.41, 5.74) is 0.252. The maximum atomic E-state index is 11.6. The Hall–Kier alpha value is -2.26. The van der Waals surface area contributed by atoms with Crippen LogP contribution in [0.5, 0.6) is 0 Å². The number of alkyl halides is 3. The molecule has 0 aliphatic carbocycles. The van der Waals surface area contributed by atoms with Gasteiger partial charge in [-0.2, -0.15) is 13.2 Å². The molecule has 1 aliphatic heterocycles. The average Bonchev–Trinajstić information content (AvgIpc) is 2.44. The molecule has 10 heteroatoms. The molecule has 1 aliphatic rings. The summed E-state index contributed by atoms with van der Waals surface area (Å²) >= 11 is 0. The van der Waals surface area contributed by atoms with Gasteiger partial charge in [-0.3, -0.25) is 4.79 Å². The lowest BCUT2D eigenvalue weighted by Crippen LogP contribution is -2.30. The van der Waals surface area contributed by atoms with Gasteiger partial charge in [0, 0.05) is 6.54 Å². The van der Waals surface area contributed by atoms with E-state index in [1.165, 1.54) is 0 Å². The van der Waals surface area contributed by atoms with Crippen LogP contribution in [-0.2, 0) is 19.1 Å². The molecule has 0 bridgehead atoms. The minimum Gasteiger partial charge on any atom is -0.486 e. The fourth-order valence-electron chi connectivity index (χ4n) is 1.38. The minimum absolute atomic E-state index is 0.199. The highest BCUT2D eigenvalue weighted by Crippen LogP contribution is 2.19. The molecule has 0 atom stereocenters. The van der Waals surface area contributed by atoms with E-state index in [0.717, 1.165) is 6.42 Å². The number of hydrogen-bond acceptors (Lipinski definition) is 4. The smallest absolute Gasteiger partial charge is 0.486 e. The van der Waals surface area contributed by atoms with Crippen molar-refractivity contribution >= 4 is 17.8 Å². The third-order valence-corrected chi connectivity index (χ3v) is 2.34. The Balaban J connectivity index is 0.000000534. The zero-order chi connectivity index (χ0) is 17.3. The summed E-state index contributed by atoms with van der Waals surface area (Å²) in [6, 6.07) is 0. The van der Waals surface area contributed by atoms with Crippen LogP contribution in [0, 0.1) is 0 Å². The first kappa shape index (κ1) is 19.7. The molecule has 1 amide bonds. The molecule has 22 heavy (non-hydrogen) atoms. The second-order valence-electron chi connectivity index (χ2n) is 4.12. The molecule has 7 nitrogen and oxygen atoms in total. The highest BCUT2D eigenvalue weighted by atomic mass is 19.4. The molecule has 1 heterocycles. The van der Waals surface area contributed by atoms with Crippen LogP contribution < -0.4 is 5.32 Å². The summed E-state index contributed by atoms with van der Waals surface area (Å²) in [6.07, 6.45) is -3.11. The number of nitrogens with one attached hydrogen (secondary N) is 1. The Morgan fingerprint density at radius 1 is 1.27 bits per heavy atom. The SMILES string of the molecule is CCCNC(=O)C1=C(C(=O)O)OCCC1.O=C(O)C(F)(F)F. The van der Waals surface area contributed by atoms with Crippen molar-refractivity contribution in [2.45, 2.75) is 32.4 Å². The first-order valence-corrected chi connectivity index (χ1v) is 6.28. The van der Waals surface area contributed by atoms with Crippen molar-refractivity contribution < 1.29 is 42.5 Å². The predicted octanol–water partition coefficient (Wildman–Crippen LogP) is 1.29. The summed E-state index contributed by atoms with van der Waals surface area (Å²) < 4.78 is 36.7. The number of carboxylic acids is 2. The Morgan fingerprint density at radius 2 is 1.82 bits per heavy atom. The van der Waals surface area contributed by atoms with E-state index in [1.54, 1.807) is 0 Å². The molecule has 0 radical (unpaired) electrons. The zero-order valence-corrected chi connectivity index (χ0v) is 11.7. The van der Waals surface area contributed by atoms with E-state index >= 15 is 0 Å². The third-order valence-electron chi connectivity index (χ3n) is 2.34. The van der Waals surface area contributed by atoms with E-state index in [1.807, 2.05) is 6.92 Å². The fourth-order valence-corrected chi connectivity index (χ4v) is 1.38. The van der Waals surface area contributed by atoms with Gasteiger partial charge in [-0.05, 0) is 19.3 Å². The quantitative estimate of drug-likeness (QED) is 0.717. The molecule has 0 fully saturated rings. The van der Waals surface area contributed by atoms with Gasteiger partial charge in [0.15, 0.2) is 0 Å². The van der Waals surface area contributed by atoms with Gasteiger partial charge in [-0.1, -0.05) is 6.92 Å². The normalized spacial score (nSPS) is 14.4. The number of carbonyl (C=O) groups excluding carboxylic acids is 1. The van der Waals surface area contributed by atoms with Crippen molar-refractivity contribution in [1.82, 2.24) is 5.32 Å². The van der Waals surface area contributed by atoms with Crippen molar-refractivity contribution in [3.8, 4) is 0 Å². The Labute approximate surface area is 123 Å². The van der Waals surface area contributed by atoms with E-state index < -0.39 is 18.1 Å². The maximum Gasteiger partial charge on any atom is 0.490 e. The lowest BCUT2D eigenvalue weighted by Gasteiger charge is -2.17. The van der Waals surface area contributed by atoms with Crippen LogP contribution in [0.15, 0.2) is 11.3 Å². The van der Waals surface area contributed by atoms with Crippen molar-refractivity contribution in [3.63, 3.8) is 0 Å². The number of amides is 1. The predicted molar refractivity (Wildman–Crippen MR) is 66.8 cm³/mol. The van der Waals surface area contributed by atoms with E-state index in [-0.39, 0.29) is 17.2 Å². The first-order valence-electron chi connectivity index (χ1n) is 6.28. The van der Waals surface area contributed by atoms with E-state index in [2.05, 4.69) is 5.32 Å². The highest BCUT2D eigenvalue weighted by molar-refractivity contribution is 6.01. The van der Waals surface area contributed by atoms with Crippen molar-refractivity contribution in [1.29, 1.82) is 0 Å². The molecule has 0 saturated carbocycles. The zero-order valence-electron chi connectivity index (χ0n) is 11.7. The minimum atomic E-state index is -5.08. The van der Waals surface area contributed by atoms with E-state index in [9.17, 15) is 22.8 Å². The molecule has 126 valence electrons. The molecule has 0 aromatic heterocycles. The molecule has 0 saturated heterocycles. The van der Waals surface area contributed by atoms with Crippen LogP contribution in [-0.4, -0.2) is 47.4 Å². The average molecular weight is 327 g/mol. The molecule has 3 N–H and O–H groups in total. The molecule has 0 spiro atoms. The van der Waals surface area contributed by atoms with Gasteiger partial charge in [0.05, 0.1) is 12.2 Å². The number of hydrogen-bond donors (Lipinski definition) is 3. The molecule has 0 unspecified atom stereocenters.